The summed E-state index contributed by atoms with van der Waals surface area (Å²) in [6.07, 6.45) is -8.68. The first-order valence-electron chi connectivity index (χ1n) is 6.78. The minimum Gasteiger partial charge on any atom is -0.435 e. The van der Waals surface area contributed by atoms with E-state index < -0.39 is 34.8 Å². The highest BCUT2D eigenvalue weighted by Crippen LogP contribution is 2.41. The van der Waals surface area contributed by atoms with Crippen molar-refractivity contribution in [3.8, 4) is 5.75 Å². The monoisotopic (exact) mass is 346 g/mol. The normalized spacial score (nSPS) is 14.7. The van der Waals surface area contributed by atoms with Gasteiger partial charge in [-0.25, -0.2) is 0 Å². The zero-order valence-corrected chi connectivity index (χ0v) is 11.9. The van der Waals surface area contributed by atoms with Crippen molar-refractivity contribution in [2.45, 2.75) is 12.4 Å². The van der Waals surface area contributed by atoms with Gasteiger partial charge >= 0.3 is 12.4 Å². The largest absolute Gasteiger partial charge is 0.435 e. The number of rotatable bonds is 1. The Morgan fingerprint density at radius 1 is 0.875 bits per heavy atom. The van der Waals surface area contributed by atoms with Gasteiger partial charge in [0.2, 0.25) is 5.69 Å². The molecule has 0 radical (unpaired) electrons. The number of fused-ring (bicyclic) bond motifs is 1. The minimum atomic E-state index is -4.94. The number of nitrogens with zero attached hydrogens (tertiary/aromatic N) is 1. The molecular weight excluding hydrogens is 336 g/mol. The Balaban J connectivity index is 2.19. The summed E-state index contributed by atoms with van der Waals surface area (Å²) < 4.78 is 84.7. The molecule has 3 rings (SSSR count). The van der Waals surface area contributed by atoms with E-state index in [4.69, 9.17) is 4.74 Å². The van der Waals surface area contributed by atoms with Crippen molar-refractivity contribution >= 4 is 11.9 Å². The van der Waals surface area contributed by atoms with Gasteiger partial charge in [0.1, 0.15) is 5.75 Å². The summed E-state index contributed by atoms with van der Waals surface area (Å²) in [5.74, 6) is -0.440. The molecule has 1 aliphatic rings. The van der Waals surface area contributed by atoms with Gasteiger partial charge in [-0.15, -0.1) is 0 Å². The second-order valence-electron chi connectivity index (χ2n) is 5.14. The van der Waals surface area contributed by atoms with Crippen molar-refractivity contribution in [2.75, 3.05) is 6.73 Å². The molecule has 24 heavy (non-hydrogen) atoms. The van der Waals surface area contributed by atoms with E-state index in [2.05, 4.69) is 0 Å². The van der Waals surface area contributed by atoms with Crippen LogP contribution in [-0.4, -0.2) is 17.5 Å². The SMILES string of the molecule is FC(F)(F)c1cc2c(c(C(F)(F)F)c1)C=[N+](c1ccccc1)CO2. The van der Waals surface area contributed by atoms with E-state index >= 15 is 0 Å². The molecule has 0 spiro atoms. The Labute approximate surface area is 132 Å². The smallest absolute Gasteiger partial charge is 0.417 e. The number of hydrogen-bond acceptors (Lipinski definition) is 1. The van der Waals surface area contributed by atoms with E-state index in [9.17, 15) is 26.3 Å². The average Bonchev–Trinajstić information content (AvgIpc) is 2.52. The molecule has 2 nitrogen and oxygen atoms in total. The van der Waals surface area contributed by atoms with E-state index in [-0.39, 0.29) is 12.8 Å². The molecule has 0 unspecified atom stereocenters. The standard InChI is InChI=1S/C16H10F6NO/c17-15(18,19)10-6-13(16(20,21)22)12-8-23(9-24-14(12)7-10)11-4-2-1-3-5-11/h1-8H,9H2/q+1. The molecular formula is C16H10F6NO+. The molecule has 0 N–H and O–H groups in total. The Hall–Kier alpha value is -2.51. The fourth-order valence-electron chi connectivity index (χ4n) is 2.38. The lowest BCUT2D eigenvalue weighted by Gasteiger charge is -2.20. The maximum atomic E-state index is 13.2. The van der Waals surface area contributed by atoms with Crippen molar-refractivity contribution in [2.24, 2.45) is 0 Å². The van der Waals surface area contributed by atoms with E-state index in [0.717, 1.165) is 6.21 Å². The zero-order chi connectivity index (χ0) is 17.5. The molecule has 2 aromatic rings. The van der Waals surface area contributed by atoms with Crippen LogP contribution in [0.25, 0.3) is 0 Å². The quantitative estimate of drug-likeness (QED) is 0.532. The first-order valence-corrected chi connectivity index (χ1v) is 6.78. The van der Waals surface area contributed by atoms with Gasteiger partial charge < -0.3 is 4.74 Å². The van der Waals surface area contributed by atoms with Crippen LogP contribution in [0, 0.1) is 0 Å². The number of benzene rings is 2. The third-order valence-electron chi connectivity index (χ3n) is 3.51. The Morgan fingerprint density at radius 2 is 1.54 bits per heavy atom. The number of hydrogen-bond donors (Lipinski definition) is 0. The maximum Gasteiger partial charge on any atom is 0.417 e. The summed E-state index contributed by atoms with van der Waals surface area (Å²) in [5.41, 5.74) is -2.63. The summed E-state index contributed by atoms with van der Waals surface area (Å²) >= 11 is 0. The Bertz CT molecular complexity index is 793. The zero-order valence-electron chi connectivity index (χ0n) is 11.9. The summed E-state index contributed by atoms with van der Waals surface area (Å²) in [7, 11) is 0. The van der Waals surface area contributed by atoms with E-state index in [0.29, 0.717) is 11.8 Å². The lowest BCUT2D eigenvalue weighted by atomic mass is 10.0. The highest BCUT2D eigenvalue weighted by atomic mass is 19.4. The fraction of sp³-hybridized carbons (Fsp3) is 0.188. The molecule has 1 aliphatic heterocycles. The van der Waals surface area contributed by atoms with Crippen LogP contribution in [0.3, 0.4) is 0 Å². The Morgan fingerprint density at radius 3 is 2.12 bits per heavy atom. The van der Waals surface area contributed by atoms with Gasteiger partial charge in [0.25, 0.3) is 6.73 Å². The third kappa shape index (κ3) is 3.08. The van der Waals surface area contributed by atoms with Crippen molar-refractivity contribution in [3.05, 3.63) is 59.2 Å². The van der Waals surface area contributed by atoms with Gasteiger partial charge in [-0.3, -0.25) is 0 Å². The van der Waals surface area contributed by atoms with Crippen LogP contribution in [0.2, 0.25) is 0 Å². The predicted molar refractivity (Wildman–Crippen MR) is 73.5 cm³/mol. The first kappa shape index (κ1) is 16.4. The maximum absolute atomic E-state index is 13.2. The second-order valence-corrected chi connectivity index (χ2v) is 5.14. The van der Waals surface area contributed by atoms with Gasteiger partial charge in [-0.1, -0.05) is 18.2 Å². The number of alkyl halides is 6. The molecule has 0 saturated carbocycles. The van der Waals surface area contributed by atoms with Crippen LogP contribution in [-0.2, 0) is 12.4 Å². The van der Waals surface area contributed by atoms with Crippen molar-refractivity contribution in [1.82, 2.24) is 0 Å². The topological polar surface area (TPSA) is 12.2 Å². The van der Waals surface area contributed by atoms with Crippen LogP contribution in [0.1, 0.15) is 16.7 Å². The molecule has 2 aromatic carbocycles. The number of ether oxygens (including phenoxy) is 1. The fourth-order valence-corrected chi connectivity index (χ4v) is 2.38. The molecule has 0 amide bonds. The van der Waals surface area contributed by atoms with Gasteiger partial charge in [0.05, 0.1) is 16.7 Å². The lowest BCUT2D eigenvalue weighted by Crippen LogP contribution is -2.24. The summed E-state index contributed by atoms with van der Waals surface area (Å²) in [6, 6.07) is 9.12. The lowest BCUT2D eigenvalue weighted by molar-refractivity contribution is -0.476. The summed E-state index contributed by atoms with van der Waals surface area (Å²) in [4.78, 5) is 0. The molecule has 0 fully saturated rings. The molecule has 0 bridgehead atoms. The number of para-hydroxylation sites is 1. The van der Waals surface area contributed by atoms with Gasteiger partial charge in [0.15, 0.2) is 6.21 Å². The van der Waals surface area contributed by atoms with Gasteiger partial charge in [-0.2, -0.15) is 30.9 Å². The highest BCUT2D eigenvalue weighted by molar-refractivity contribution is 5.84. The molecule has 8 heteroatoms. The number of halogens is 6. The summed E-state index contributed by atoms with van der Waals surface area (Å²) in [5, 5.41) is 0. The van der Waals surface area contributed by atoms with Crippen LogP contribution in [0.15, 0.2) is 42.5 Å². The highest BCUT2D eigenvalue weighted by Gasteiger charge is 2.41. The first-order chi connectivity index (χ1) is 11.2. The van der Waals surface area contributed by atoms with Crippen molar-refractivity contribution in [3.63, 3.8) is 0 Å². The van der Waals surface area contributed by atoms with E-state index in [1.54, 1.807) is 30.3 Å². The van der Waals surface area contributed by atoms with E-state index in [1.165, 1.54) is 4.58 Å². The summed E-state index contributed by atoms with van der Waals surface area (Å²) in [6.45, 7) is -0.185. The molecule has 0 atom stereocenters. The van der Waals surface area contributed by atoms with E-state index in [1.807, 2.05) is 0 Å². The molecule has 0 aliphatic carbocycles. The third-order valence-corrected chi connectivity index (χ3v) is 3.51. The molecule has 1 heterocycles. The van der Waals surface area contributed by atoms with Crippen LogP contribution < -0.4 is 4.74 Å². The molecule has 126 valence electrons. The predicted octanol–water partition coefficient (Wildman–Crippen LogP) is 4.84. The van der Waals surface area contributed by atoms with Crippen molar-refractivity contribution < 1.29 is 35.7 Å². The van der Waals surface area contributed by atoms with Crippen LogP contribution in [0.5, 0.6) is 5.75 Å². The Kier molecular flexibility index (Phi) is 3.77. The molecule has 0 saturated heterocycles. The minimum absolute atomic E-state index is 0.104. The average molecular weight is 346 g/mol. The van der Waals surface area contributed by atoms with Gasteiger partial charge in [0, 0.05) is 12.1 Å². The van der Waals surface area contributed by atoms with Crippen LogP contribution in [0.4, 0.5) is 32.0 Å². The molecule has 0 aromatic heterocycles. The van der Waals surface area contributed by atoms with Crippen LogP contribution >= 0.6 is 0 Å². The van der Waals surface area contributed by atoms with Gasteiger partial charge in [-0.05, 0) is 12.1 Å². The second kappa shape index (κ2) is 5.54. The van der Waals surface area contributed by atoms with Crippen molar-refractivity contribution in [1.29, 1.82) is 0 Å².